The van der Waals surface area contributed by atoms with Crippen molar-refractivity contribution < 1.29 is 56.4 Å². The van der Waals surface area contributed by atoms with E-state index in [1.54, 1.807) is 69.4 Å². The van der Waals surface area contributed by atoms with Crippen molar-refractivity contribution in [2.75, 3.05) is 44.9 Å². The third-order valence-electron chi connectivity index (χ3n) is 13.9. The summed E-state index contributed by atoms with van der Waals surface area (Å²) in [7, 11) is 0.914. The predicted molar refractivity (Wildman–Crippen MR) is 271 cm³/mol. The number of carbonyl (C=O) groups excluding carboxylic acids is 3. The fraction of sp³-hybridized carbons (Fsp3) is 0.472. The molecular formula is C53H62ClF4N9O8. The summed E-state index contributed by atoms with van der Waals surface area (Å²) in [5.41, 5.74) is 0.936. The van der Waals surface area contributed by atoms with Gasteiger partial charge in [-0.15, -0.1) is 0 Å². The van der Waals surface area contributed by atoms with Gasteiger partial charge in [-0.25, -0.2) is 24.0 Å². The molecule has 6 atom stereocenters. The van der Waals surface area contributed by atoms with Gasteiger partial charge >= 0.3 is 18.4 Å². The summed E-state index contributed by atoms with van der Waals surface area (Å²) in [6, 6.07) is 14.4. The molecule has 3 saturated heterocycles. The lowest BCUT2D eigenvalue weighted by Crippen LogP contribution is -2.63. The fourth-order valence-electron chi connectivity index (χ4n) is 9.50. The van der Waals surface area contributed by atoms with E-state index in [-0.39, 0.29) is 17.0 Å². The summed E-state index contributed by atoms with van der Waals surface area (Å²) >= 11 is 6.67. The number of alkyl carbamates (subject to hydrolysis) is 1. The van der Waals surface area contributed by atoms with Crippen LogP contribution in [-0.2, 0) is 32.0 Å². The van der Waals surface area contributed by atoms with Crippen LogP contribution in [0.3, 0.4) is 0 Å². The highest BCUT2D eigenvalue weighted by Crippen LogP contribution is 2.41. The number of carbonyl (C=O) groups is 4. The molecule has 2 aromatic heterocycles. The normalized spacial score (nSPS) is 18.7. The second kappa shape index (κ2) is 23.5. The number of benzene rings is 2. The highest BCUT2D eigenvalue weighted by molar-refractivity contribution is 6.31. The van der Waals surface area contributed by atoms with Crippen LogP contribution in [0.25, 0.3) is 11.3 Å². The Balaban J connectivity index is 1.15. The molecule has 0 aliphatic carbocycles. The maximum absolute atomic E-state index is 16.1. The Morgan fingerprint density at radius 2 is 1.55 bits per heavy atom. The molecule has 4 amide bonds. The number of hydrazine groups is 1. The lowest BCUT2D eigenvalue weighted by atomic mass is 9.82. The van der Waals surface area contributed by atoms with Crippen LogP contribution in [-0.4, -0.2) is 143 Å². The van der Waals surface area contributed by atoms with Crippen LogP contribution in [0.5, 0.6) is 0 Å². The molecule has 402 valence electrons. The molecule has 6 unspecified atom stereocenters. The van der Waals surface area contributed by atoms with Crippen LogP contribution in [0.2, 0.25) is 5.02 Å². The van der Waals surface area contributed by atoms with E-state index in [1.807, 2.05) is 17.4 Å². The summed E-state index contributed by atoms with van der Waals surface area (Å²) in [6.07, 6.45) is -4.39. The standard InChI is InChI=1S/C53H62ClF4N9O8/c1-51(2,3)45(62-49(71)72)48(70)64-66(27-38-39(54)22-34(23-40(38)55)41-9-7-8-20-59-41)28-43(68)42(61-47(69)46(63-50(73)74-6)52(4,5)53(56,57)58)21-32-13-10-31(11-14-32)12-15-33-16-19-44(60-24-33)65-25-35-17-18-36(26-65)67(35)37-29-75-30-37/h7-11,13-14,16,19-20,22-24,35-37,42-43,45-46,62,68H,17-18,21,25-30H2,1-6H3,(H,61,69)(H,63,73)(H,64,70)(H,71,72). The molecule has 17 nitrogen and oxygen atoms in total. The van der Waals surface area contributed by atoms with Crippen LogP contribution in [0.15, 0.2) is 79.1 Å². The molecule has 7 rings (SSSR count). The number of rotatable bonds is 17. The number of aliphatic hydroxyl groups excluding tert-OH is 1. The Bertz CT molecular complexity index is 2700. The third kappa shape index (κ3) is 13.8. The van der Waals surface area contributed by atoms with Gasteiger partial charge in [-0.1, -0.05) is 62.4 Å². The number of alkyl halides is 3. The first-order valence-corrected chi connectivity index (χ1v) is 24.8. The molecule has 3 aliphatic rings. The topological polar surface area (TPSA) is 211 Å². The molecule has 2 aromatic carbocycles. The Labute approximate surface area is 437 Å². The number of aromatic nitrogens is 2. The SMILES string of the molecule is COC(=O)NC(C(=O)NC(Cc1ccc(C#Cc2ccc(N3CC4CCC(C3)N4C3COC3)nc2)cc1)C(O)CN(Cc1c(F)cc(-c2ccccn2)cc1Cl)NC(=O)C(NC(=O)O)C(C)(C)C)C(C)(C)C(F)(F)F. The van der Waals surface area contributed by atoms with Gasteiger partial charge in [0.2, 0.25) is 5.91 Å². The van der Waals surface area contributed by atoms with Gasteiger partial charge in [0.1, 0.15) is 23.7 Å². The number of aliphatic hydroxyl groups is 1. The summed E-state index contributed by atoms with van der Waals surface area (Å²) in [5, 5.41) is 29.4. The fourth-order valence-corrected chi connectivity index (χ4v) is 9.76. The van der Waals surface area contributed by atoms with Crippen molar-refractivity contribution in [1.29, 1.82) is 0 Å². The number of carboxylic acid groups (broad SMARTS) is 1. The van der Waals surface area contributed by atoms with Crippen LogP contribution >= 0.6 is 11.6 Å². The van der Waals surface area contributed by atoms with E-state index in [9.17, 15) is 42.6 Å². The van der Waals surface area contributed by atoms with E-state index in [1.165, 1.54) is 18.3 Å². The number of methoxy groups -OCH3 is 1. The van der Waals surface area contributed by atoms with E-state index in [2.05, 4.69) is 47.4 Å². The second-order valence-electron chi connectivity index (χ2n) is 20.7. The van der Waals surface area contributed by atoms with Crippen LogP contribution in [0.1, 0.15) is 69.7 Å². The highest BCUT2D eigenvalue weighted by Gasteiger charge is 2.56. The average Bonchev–Trinajstić information content (AvgIpc) is 3.57. The number of nitrogens with one attached hydrogen (secondary N) is 4. The number of hydrogen-bond acceptors (Lipinski definition) is 12. The zero-order chi connectivity index (χ0) is 54.4. The minimum Gasteiger partial charge on any atom is -0.465 e. The van der Waals surface area contributed by atoms with E-state index < -0.39 is 84.1 Å². The minimum absolute atomic E-state index is 0.108. The number of fused-ring (bicyclic) bond motifs is 2. The van der Waals surface area contributed by atoms with Crippen molar-refractivity contribution in [2.45, 2.75) is 109 Å². The summed E-state index contributed by atoms with van der Waals surface area (Å²) in [6.45, 7) is 8.37. The Morgan fingerprint density at radius 1 is 0.880 bits per heavy atom. The molecule has 22 heteroatoms. The van der Waals surface area contributed by atoms with Crippen molar-refractivity contribution in [3.63, 3.8) is 0 Å². The predicted octanol–water partition coefficient (Wildman–Crippen LogP) is 6.30. The van der Waals surface area contributed by atoms with Crippen LogP contribution in [0.4, 0.5) is 33.0 Å². The van der Waals surface area contributed by atoms with Gasteiger partial charge < -0.3 is 40.5 Å². The Kier molecular flexibility index (Phi) is 17.6. The number of amides is 4. The number of halogens is 5. The van der Waals surface area contributed by atoms with Crippen molar-refractivity contribution >= 4 is 41.4 Å². The highest BCUT2D eigenvalue weighted by atomic mass is 35.5. The first-order chi connectivity index (χ1) is 35.4. The van der Waals surface area contributed by atoms with E-state index in [0.717, 1.165) is 57.1 Å². The number of piperazine rings is 1. The van der Waals surface area contributed by atoms with Crippen molar-refractivity contribution in [2.24, 2.45) is 10.8 Å². The number of ether oxygens (including phenoxy) is 2. The number of nitrogens with zero attached hydrogens (tertiary/aromatic N) is 5. The number of pyridine rings is 2. The zero-order valence-electron chi connectivity index (χ0n) is 42.4. The van der Waals surface area contributed by atoms with Gasteiger partial charge in [0.15, 0.2) is 0 Å². The molecule has 0 radical (unpaired) electrons. The Morgan fingerprint density at radius 3 is 2.09 bits per heavy atom. The first-order valence-electron chi connectivity index (χ1n) is 24.4. The molecule has 4 aromatic rings. The Hall–Kier alpha value is -6.57. The smallest absolute Gasteiger partial charge is 0.407 e. The van der Waals surface area contributed by atoms with Crippen LogP contribution < -0.4 is 26.3 Å². The lowest BCUT2D eigenvalue weighted by Gasteiger charge is -2.47. The minimum atomic E-state index is -5.04. The van der Waals surface area contributed by atoms with Gasteiger partial charge in [-0.05, 0) is 92.6 Å². The second-order valence-corrected chi connectivity index (χ2v) is 21.1. The van der Waals surface area contributed by atoms with E-state index >= 15 is 4.39 Å². The maximum atomic E-state index is 16.1. The quantitative estimate of drug-likeness (QED) is 0.0390. The summed E-state index contributed by atoms with van der Waals surface area (Å²) < 4.78 is 69.8. The number of anilines is 1. The van der Waals surface area contributed by atoms with E-state index in [4.69, 9.17) is 21.3 Å². The largest absolute Gasteiger partial charge is 0.465 e. The maximum Gasteiger partial charge on any atom is 0.407 e. The van der Waals surface area contributed by atoms with Crippen molar-refractivity contribution in [3.8, 4) is 23.1 Å². The summed E-state index contributed by atoms with van der Waals surface area (Å²) in [5.74, 6) is 4.01. The molecular weight excluding hydrogens is 1000 g/mol. The van der Waals surface area contributed by atoms with Crippen LogP contribution in [0, 0.1) is 28.5 Å². The van der Waals surface area contributed by atoms with Crippen molar-refractivity contribution in [1.82, 2.24) is 41.3 Å². The lowest BCUT2D eigenvalue weighted by molar-refractivity contribution is -0.220. The molecule has 0 saturated carbocycles. The molecule has 0 spiro atoms. The third-order valence-corrected chi connectivity index (χ3v) is 14.2. The molecule has 3 aliphatic heterocycles. The van der Waals surface area contributed by atoms with Gasteiger partial charge in [0.05, 0.1) is 49.6 Å². The van der Waals surface area contributed by atoms with Gasteiger partial charge in [0.25, 0.3) is 5.91 Å². The first kappa shape index (κ1) is 56.2. The molecule has 5 heterocycles. The van der Waals surface area contributed by atoms with E-state index in [0.29, 0.717) is 59.9 Å². The average molecular weight is 1060 g/mol. The van der Waals surface area contributed by atoms with Crippen molar-refractivity contribution in [3.05, 3.63) is 112 Å². The summed E-state index contributed by atoms with van der Waals surface area (Å²) in [4.78, 5) is 66.2. The molecule has 75 heavy (non-hydrogen) atoms. The van der Waals surface area contributed by atoms with Gasteiger partial charge in [-0.3, -0.25) is 24.9 Å². The molecule has 6 N–H and O–H groups in total. The number of hydrogen-bond donors (Lipinski definition) is 6. The van der Waals surface area contributed by atoms with Gasteiger partial charge in [0, 0.05) is 77.9 Å². The molecule has 3 fully saturated rings. The van der Waals surface area contributed by atoms with Gasteiger partial charge in [-0.2, -0.15) is 13.2 Å². The monoisotopic (exact) mass is 1060 g/mol. The molecule has 2 bridgehead atoms. The zero-order valence-corrected chi connectivity index (χ0v) is 43.1.